The molecule has 1 saturated heterocycles. The lowest BCUT2D eigenvalue weighted by atomic mass is 10.2. The number of hydrogen-bond donors (Lipinski definition) is 2. The fourth-order valence-corrected chi connectivity index (χ4v) is 2.91. The zero-order chi connectivity index (χ0) is 18.8. The van der Waals surface area contributed by atoms with Crippen LogP contribution >= 0.6 is 24.0 Å². The molecule has 1 aromatic carbocycles. The number of nitrogens with zero attached hydrogens (tertiary/aromatic N) is 2. The number of aliphatic imine (C=N–C) groups is 1. The minimum absolute atomic E-state index is 0. The van der Waals surface area contributed by atoms with E-state index >= 15 is 0 Å². The first-order chi connectivity index (χ1) is 12.7. The molecule has 0 radical (unpaired) electrons. The normalized spacial score (nSPS) is 14.0. The van der Waals surface area contributed by atoms with E-state index in [0.29, 0.717) is 24.5 Å². The van der Waals surface area contributed by atoms with Crippen molar-refractivity contribution in [2.75, 3.05) is 40.4 Å². The van der Waals surface area contributed by atoms with Crippen LogP contribution in [-0.2, 0) is 11.3 Å². The van der Waals surface area contributed by atoms with Gasteiger partial charge in [0.1, 0.15) is 0 Å². The molecular weight excluding hydrogens is 459 g/mol. The highest BCUT2D eigenvalue weighted by Gasteiger charge is 2.18. The molecular formula is C19H31IN4O3. The van der Waals surface area contributed by atoms with Gasteiger partial charge in [0.15, 0.2) is 17.5 Å². The number of benzene rings is 1. The summed E-state index contributed by atoms with van der Waals surface area (Å²) in [6.07, 6.45) is 2.59. The molecule has 1 heterocycles. The number of hydrogen-bond acceptors (Lipinski definition) is 4. The van der Waals surface area contributed by atoms with Crippen LogP contribution in [0.1, 0.15) is 31.7 Å². The van der Waals surface area contributed by atoms with E-state index in [1.807, 2.05) is 30.0 Å². The molecule has 0 unspecified atom stereocenters. The Morgan fingerprint density at radius 2 is 2.00 bits per heavy atom. The Labute approximate surface area is 178 Å². The number of carbonyl (C=O) groups excluding carboxylic acids is 1. The van der Waals surface area contributed by atoms with Crippen molar-refractivity contribution in [3.8, 4) is 11.5 Å². The van der Waals surface area contributed by atoms with E-state index in [4.69, 9.17) is 9.47 Å². The Balaban J connectivity index is 0.00000364. The van der Waals surface area contributed by atoms with Gasteiger partial charge in [-0.2, -0.15) is 0 Å². The molecule has 0 atom stereocenters. The Hall–Kier alpha value is -1.71. The minimum Gasteiger partial charge on any atom is -0.493 e. The van der Waals surface area contributed by atoms with Crippen molar-refractivity contribution in [2.45, 2.75) is 32.7 Å². The molecule has 8 heteroatoms. The molecule has 27 heavy (non-hydrogen) atoms. The van der Waals surface area contributed by atoms with Crippen LogP contribution in [0.15, 0.2) is 23.2 Å². The summed E-state index contributed by atoms with van der Waals surface area (Å²) in [5.74, 6) is 2.46. The van der Waals surface area contributed by atoms with E-state index < -0.39 is 0 Å². The topological polar surface area (TPSA) is 75.2 Å². The third-order valence-electron chi connectivity index (χ3n) is 4.28. The molecule has 0 bridgehead atoms. The monoisotopic (exact) mass is 490 g/mol. The van der Waals surface area contributed by atoms with Gasteiger partial charge in [-0.05, 0) is 37.5 Å². The van der Waals surface area contributed by atoms with Gasteiger partial charge in [0.05, 0.1) is 20.8 Å². The Bertz CT molecular complexity index is 625. The van der Waals surface area contributed by atoms with Gasteiger partial charge >= 0.3 is 0 Å². The van der Waals surface area contributed by atoms with Crippen molar-refractivity contribution in [1.29, 1.82) is 0 Å². The zero-order valence-corrected chi connectivity index (χ0v) is 18.7. The summed E-state index contributed by atoms with van der Waals surface area (Å²) in [5.41, 5.74) is 1.04. The average molecular weight is 490 g/mol. The average Bonchev–Trinajstić information content (AvgIpc) is 3.07. The van der Waals surface area contributed by atoms with Gasteiger partial charge in [-0.1, -0.05) is 6.07 Å². The van der Waals surface area contributed by atoms with Crippen LogP contribution in [0.5, 0.6) is 11.5 Å². The summed E-state index contributed by atoms with van der Waals surface area (Å²) >= 11 is 0. The first kappa shape index (κ1) is 23.3. The molecule has 0 saturated carbocycles. The molecule has 1 aromatic rings. The smallest absolute Gasteiger partial charge is 0.222 e. The van der Waals surface area contributed by atoms with Gasteiger partial charge in [0, 0.05) is 32.6 Å². The summed E-state index contributed by atoms with van der Waals surface area (Å²) in [6.45, 7) is 5.86. The highest BCUT2D eigenvalue weighted by atomic mass is 127. The molecule has 1 aliphatic rings. The van der Waals surface area contributed by atoms with Crippen LogP contribution in [0.2, 0.25) is 0 Å². The Morgan fingerprint density at radius 3 is 2.63 bits per heavy atom. The van der Waals surface area contributed by atoms with Crippen LogP contribution in [0.4, 0.5) is 0 Å². The van der Waals surface area contributed by atoms with Gasteiger partial charge in [-0.15, -0.1) is 24.0 Å². The number of halogens is 1. The summed E-state index contributed by atoms with van der Waals surface area (Å²) in [5, 5.41) is 6.57. The number of nitrogens with one attached hydrogen (secondary N) is 2. The lowest BCUT2D eigenvalue weighted by molar-refractivity contribution is -0.127. The number of carbonyl (C=O) groups is 1. The van der Waals surface area contributed by atoms with Crippen LogP contribution < -0.4 is 20.1 Å². The number of rotatable bonds is 9. The molecule has 7 nitrogen and oxygen atoms in total. The second-order valence-corrected chi connectivity index (χ2v) is 6.15. The fraction of sp³-hybridized carbons (Fsp3) is 0.579. The lowest BCUT2D eigenvalue weighted by Crippen LogP contribution is -2.39. The minimum atomic E-state index is 0. The number of guanidine groups is 1. The van der Waals surface area contributed by atoms with Crippen LogP contribution in [0.3, 0.4) is 0 Å². The van der Waals surface area contributed by atoms with E-state index in [2.05, 4.69) is 15.6 Å². The second kappa shape index (κ2) is 12.6. The van der Waals surface area contributed by atoms with Crippen LogP contribution in [0, 0.1) is 0 Å². The molecule has 0 spiro atoms. The van der Waals surface area contributed by atoms with Crippen molar-refractivity contribution in [2.24, 2.45) is 4.99 Å². The molecule has 2 N–H and O–H groups in total. The summed E-state index contributed by atoms with van der Waals surface area (Å²) in [4.78, 5) is 18.2. The van der Waals surface area contributed by atoms with Crippen molar-refractivity contribution in [1.82, 2.24) is 15.5 Å². The number of amides is 1. The summed E-state index contributed by atoms with van der Waals surface area (Å²) < 4.78 is 10.6. The zero-order valence-electron chi connectivity index (χ0n) is 16.4. The largest absolute Gasteiger partial charge is 0.493 e. The van der Waals surface area contributed by atoms with Crippen LogP contribution in [-0.4, -0.2) is 57.2 Å². The maximum Gasteiger partial charge on any atom is 0.222 e. The summed E-state index contributed by atoms with van der Waals surface area (Å²) in [7, 11) is 3.25. The summed E-state index contributed by atoms with van der Waals surface area (Å²) in [6, 6.07) is 5.80. The first-order valence-corrected chi connectivity index (χ1v) is 9.18. The molecule has 1 aliphatic heterocycles. The van der Waals surface area contributed by atoms with Gasteiger partial charge in [-0.25, -0.2) is 4.99 Å². The van der Waals surface area contributed by atoms with Crippen molar-refractivity contribution >= 4 is 35.8 Å². The number of methoxy groups -OCH3 is 2. The van der Waals surface area contributed by atoms with Crippen molar-refractivity contribution in [3.63, 3.8) is 0 Å². The van der Waals surface area contributed by atoms with E-state index in [1.165, 1.54) is 0 Å². The van der Waals surface area contributed by atoms with E-state index in [-0.39, 0.29) is 29.9 Å². The van der Waals surface area contributed by atoms with E-state index in [0.717, 1.165) is 50.5 Å². The van der Waals surface area contributed by atoms with Gasteiger partial charge in [-0.3, -0.25) is 4.79 Å². The van der Waals surface area contributed by atoms with Gasteiger partial charge < -0.3 is 25.0 Å². The standard InChI is InChI=1S/C19H30N4O3.HI/c1-4-20-19(21-10-6-12-23-11-5-7-18(23)24)22-14-15-8-9-16(25-2)17(13-15)26-3;/h8-9,13H,4-7,10-12,14H2,1-3H3,(H2,20,21,22);1H. The van der Waals surface area contributed by atoms with E-state index in [9.17, 15) is 4.79 Å². The molecule has 0 aliphatic carbocycles. The Kier molecular flexibility index (Phi) is 10.9. The third-order valence-corrected chi connectivity index (χ3v) is 4.28. The maximum atomic E-state index is 11.6. The highest BCUT2D eigenvalue weighted by Crippen LogP contribution is 2.27. The molecule has 2 rings (SSSR count). The number of ether oxygens (including phenoxy) is 2. The molecule has 1 fully saturated rings. The second-order valence-electron chi connectivity index (χ2n) is 6.15. The maximum absolute atomic E-state index is 11.6. The predicted octanol–water partition coefficient (Wildman–Crippen LogP) is 2.39. The SMILES string of the molecule is CCNC(=NCc1ccc(OC)c(OC)c1)NCCCN1CCCC1=O.I. The first-order valence-electron chi connectivity index (χ1n) is 9.18. The quantitative estimate of drug-likeness (QED) is 0.241. The molecule has 0 aromatic heterocycles. The molecule has 152 valence electrons. The predicted molar refractivity (Wildman–Crippen MR) is 118 cm³/mol. The van der Waals surface area contributed by atoms with Crippen molar-refractivity contribution < 1.29 is 14.3 Å². The van der Waals surface area contributed by atoms with Gasteiger partial charge in [0.25, 0.3) is 0 Å². The van der Waals surface area contributed by atoms with Crippen molar-refractivity contribution in [3.05, 3.63) is 23.8 Å². The lowest BCUT2D eigenvalue weighted by Gasteiger charge is -2.16. The van der Waals surface area contributed by atoms with E-state index in [1.54, 1.807) is 14.2 Å². The van der Waals surface area contributed by atoms with Crippen LogP contribution in [0.25, 0.3) is 0 Å². The third kappa shape index (κ3) is 7.43. The number of likely N-dealkylation sites (tertiary alicyclic amines) is 1. The Morgan fingerprint density at radius 1 is 1.22 bits per heavy atom. The molecule has 1 amide bonds. The fourth-order valence-electron chi connectivity index (χ4n) is 2.91. The highest BCUT2D eigenvalue weighted by molar-refractivity contribution is 14.0. The van der Waals surface area contributed by atoms with Gasteiger partial charge in [0.2, 0.25) is 5.91 Å².